The highest BCUT2D eigenvalue weighted by Crippen LogP contribution is 2.33. The van der Waals surface area contributed by atoms with E-state index in [0.717, 1.165) is 12.8 Å². The van der Waals surface area contributed by atoms with E-state index < -0.39 is 0 Å². The lowest BCUT2D eigenvalue weighted by Gasteiger charge is -2.24. The molecule has 0 spiro atoms. The Hall–Kier alpha value is -0.780. The molecule has 0 amide bonds. The van der Waals surface area contributed by atoms with Gasteiger partial charge in [0.2, 0.25) is 0 Å². The van der Waals surface area contributed by atoms with Crippen molar-refractivity contribution in [3.8, 4) is 0 Å². The lowest BCUT2D eigenvalue weighted by atomic mass is 9.82. The molecule has 17 heavy (non-hydrogen) atoms. The van der Waals surface area contributed by atoms with Crippen LogP contribution in [0.4, 0.5) is 0 Å². The van der Waals surface area contributed by atoms with Crippen molar-refractivity contribution in [3.05, 3.63) is 34.4 Å². The number of hydrogen-bond acceptors (Lipinski definition) is 0. The summed E-state index contributed by atoms with van der Waals surface area (Å²) < 4.78 is 0. The van der Waals surface area contributed by atoms with Gasteiger partial charge in [0.25, 0.3) is 0 Å². The number of hydrogen-bond donors (Lipinski definition) is 0. The van der Waals surface area contributed by atoms with Gasteiger partial charge in [-0.25, -0.2) is 0 Å². The molecule has 0 saturated heterocycles. The normalized spacial score (nSPS) is 13.2. The molecule has 0 saturated carbocycles. The third-order valence-corrected chi connectivity index (χ3v) is 3.14. The quantitative estimate of drug-likeness (QED) is 0.518. The molecule has 0 heterocycles. The zero-order chi connectivity index (χ0) is 13.8. The van der Waals surface area contributed by atoms with Crippen LogP contribution in [0.25, 0.3) is 0 Å². The van der Waals surface area contributed by atoms with E-state index in [0.29, 0.717) is 5.41 Å². The van der Waals surface area contributed by atoms with Crippen LogP contribution >= 0.6 is 0 Å². The molecule has 0 fully saturated rings. The second-order valence-electron chi connectivity index (χ2n) is 6.47. The van der Waals surface area contributed by atoms with Gasteiger partial charge in [-0.05, 0) is 62.7 Å². The van der Waals surface area contributed by atoms with E-state index >= 15 is 0 Å². The summed E-state index contributed by atoms with van der Waals surface area (Å²) in [7, 11) is 0. The Morgan fingerprint density at radius 1 is 1.00 bits per heavy atom. The number of rotatable bonds is 4. The zero-order valence-electron chi connectivity index (χ0n) is 13.1. The average molecular weight is 234 g/mol. The summed E-state index contributed by atoms with van der Waals surface area (Å²) in [4.78, 5) is 0. The van der Waals surface area contributed by atoms with Crippen molar-refractivity contribution in [3.63, 3.8) is 0 Å². The summed E-state index contributed by atoms with van der Waals surface area (Å²) >= 11 is 0. The Morgan fingerprint density at radius 3 is 1.76 bits per heavy atom. The second-order valence-corrected chi connectivity index (χ2v) is 6.47. The minimum absolute atomic E-state index is 0.304. The minimum atomic E-state index is 0.304. The Kier molecular flexibility index (Phi) is 5.95. The predicted octanol–water partition coefficient (Wildman–Crippen LogP) is 6.06. The third kappa shape index (κ3) is 5.39. The largest absolute Gasteiger partial charge is 0.0952 e. The first kappa shape index (κ1) is 16.2. The Labute approximate surface area is 109 Å². The summed E-state index contributed by atoms with van der Waals surface area (Å²) in [5.41, 5.74) is 7.24. The van der Waals surface area contributed by atoms with Crippen LogP contribution in [0.1, 0.15) is 68.2 Å². The van der Waals surface area contributed by atoms with Crippen LogP contribution in [-0.4, -0.2) is 0 Å². The van der Waals surface area contributed by atoms with Crippen LogP contribution in [0.15, 0.2) is 34.4 Å². The standard InChI is InChI=1S/C17H30/c1-10-13(4)15(6)16(12(2)3)14(5)11-17(7,8)9/h5,10-11H2,1-4,6-9H3/b15-13-. The minimum Gasteiger partial charge on any atom is -0.0952 e. The molecule has 0 aliphatic rings. The van der Waals surface area contributed by atoms with Crippen molar-refractivity contribution in [1.82, 2.24) is 0 Å². The van der Waals surface area contributed by atoms with Gasteiger partial charge in [-0.1, -0.05) is 45.4 Å². The molecule has 0 radical (unpaired) electrons. The summed E-state index contributed by atoms with van der Waals surface area (Å²) in [6.07, 6.45) is 2.17. The van der Waals surface area contributed by atoms with Gasteiger partial charge in [0.05, 0.1) is 0 Å². The van der Waals surface area contributed by atoms with Crippen molar-refractivity contribution >= 4 is 0 Å². The maximum atomic E-state index is 4.31. The van der Waals surface area contributed by atoms with Gasteiger partial charge in [-0.2, -0.15) is 0 Å². The first-order chi connectivity index (χ1) is 7.60. The first-order valence-corrected chi connectivity index (χ1v) is 6.62. The first-order valence-electron chi connectivity index (χ1n) is 6.62. The van der Waals surface area contributed by atoms with Crippen molar-refractivity contribution in [1.29, 1.82) is 0 Å². The molecule has 0 aromatic rings. The van der Waals surface area contributed by atoms with E-state index in [1.165, 1.54) is 27.9 Å². The zero-order valence-corrected chi connectivity index (χ0v) is 13.1. The average Bonchev–Trinajstić information content (AvgIpc) is 2.12. The maximum absolute atomic E-state index is 4.31. The van der Waals surface area contributed by atoms with Crippen molar-refractivity contribution in [2.75, 3.05) is 0 Å². The SMILES string of the molecule is C=C(CC(C)(C)C)C(=C(C)C)/C(C)=C(/C)CC. The van der Waals surface area contributed by atoms with Crippen LogP contribution in [0, 0.1) is 5.41 Å². The van der Waals surface area contributed by atoms with E-state index in [9.17, 15) is 0 Å². The lowest BCUT2D eigenvalue weighted by molar-refractivity contribution is 0.412. The fraction of sp³-hybridized carbons (Fsp3) is 0.647. The fourth-order valence-electron chi connectivity index (χ4n) is 2.20. The monoisotopic (exact) mass is 234 g/mol. The van der Waals surface area contributed by atoms with E-state index in [-0.39, 0.29) is 0 Å². The molecule has 0 N–H and O–H groups in total. The van der Waals surface area contributed by atoms with Gasteiger partial charge in [-0.15, -0.1) is 0 Å². The summed E-state index contributed by atoms with van der Waals surface area (Å²) in [6, 6.07) is 0. The van der Waals surface area contributed by atoms with Gasteiger partial charge in [0.1, 0.15) is 0 Å². The van der Waals surface area contributed by atoms with Crippen molar-refractivity contribution < 1.29 is 0 Å². The Balaban J connectivity index is 5.33. The maximum Gasteiger partial charge on any atom is -0.0215 e. The lowest BCUT2D eigenvalue weighted by Crippen LogP contribution is -2.08. The van der Waals surface area contributed by atoms with Crippen molar-refractivity contribution in [2.24, 2.45) is 5.41 Å². The van der Waals surface area contributed by atoms with Gasteiger partial charge in [0, 0.05) is 0 Å². The van der Waals surface area contributed by atoms with Gasteiger partial charge in [-0.3, -0.25) is 0 Å². The molecule has 0 heteroatoms. The van der Waals surface area contributed by atoms with Crippen LogP contribution in [0.3, 0.4) is 0 Å². The van der Waals surface area contributed by atoms with Crippen molar-refractivity contribution in [2.45, 2.75) is 68.2 Å². The van der Waals surface area contributed by atoms with Crippen LogP contribution in [-0.2, 0) is 0 Å². The summed E-state index contributed by atoms with van der Waals surface area (Å²) in [6.45, 7) is 22.2. The number of allylic oxidation sites excluding steroid dienone is 5. The summed E-state index contributed by atoms with van der Waals surface area (Å²) in [5.74, 6) is 0. The molecule has 0 aliphatic carbocycles. The summed E-state index contributed by atoms with van der Waals surface area (Å²) in [5, 5.41) is 0. The highest BCUT2D eigenvalue weighted by molar-refractivity contribution is 5.48. The van der Waals surface area contributed by atoms with Gasteiger partial charge < -0.3 is 0 Å². The highest BCUT2D eigenvalue weighted by atomic mass is 14.2. The Bertz CT molecular complexity index is 339. The van der Waals surface area contributed by atoms with Crippen LogP contribution in [0.5, 0.6) is 0 Å². The highest BCUT2D eigenvalue weighted by Gasteiger charge is 2.16. The molecule has 98 valence electrons. The molecule has 0 rings (SSSR count). The molecule has 0 bridgehead atoms. The molecular formula is C17H30. The second kappa shape index (κ2) is 6.23. The molecule has 0 nitrogen and oxygen atoms in total. The van der Waals surface area contributed by atoms with E-state index in [1.54, 1.807) is 0 Å². The van der Waals surface area contributed by atoms with Crippen LogP contribution in [0.2, 0.25) is 0 Å². The molecule has 0 aromatic heterocycles. The Morgan fingerprint density at radius 2 is 1.47 bits per heavy atom. The van der Waals surface area contributed by atoms with E-state index in [4.69, 9.17) is 0 Å². The fourth-order valence-corrected chi connectivity index (χ4v) is 2.20. The third-order valence-electron chi connectivity index (χ3n) is 3.14. The smallest absolute Gasteiger partial charge is 0.0215 e. The molecule has 0 aromatic carbocycles. The van der Waals surface area contributed by atoms with E-state index in [1.807, 2.05) is 0 Å². The van der Waals surface area contributed by atoms with Gasteiger partial charge >= 0.3 is 0 Å². The predicted molar refractivity (Wildman–Crippen MR) is 80.3 cm³/mol. The molecular weight excluding hydrogens is 204 g/mol. The molecule has 0 aliphatic heterocycles. The van der Waals surface area contributed by atoms with Crippen LogP contribution < -0.4 is 0 Å². The molecule has 0 unspecified atom stereocenters. The van der Waals surface area contributed by atoms with Gasteiger partial charge in [0.15, 0.2) is 0 Å². The molecule has 0 atom stereocenters. The topological polar surface area (TPSA) is 0 Å². The van der Waals surface area contributed by atoms with E-state index in [2.05, 4.69) is 62.0 Å².